The molecule has 28 heavy (non-hydrogen) atoms. The molecule has 1 heterocycles. The molecule has 5 nitrogen and oxygen atoms in total. The lowest BCUT2D eigenvalue weighted by molar-refractivity contribution is -0.133. The summed E-state index contributed by atoms with van der Waals surface area (Å²) in [6.07, 6.45) is 2.85. The Morgan fingerprint density at radius 2 is 2.00 bits per heavy atom. The van der Waals surface area contributed by atoms with E-state index in [0.29, 0.717) is 5.56 Å². The zero-order chi connectivity index (χ0) is 19.7. The van der Waals surface area contributed by atoms with E-state index < -0.39 is 5.97 Å². The number of hydrogen-bond donors (Lipinski definition) is 2. The van der Waals surface area contributed by atoms with Crippen molar-refractivity contribution in [3.8, 4) is 0 Å². The number of amides is 1. The van der Waals surface area contributed by atoms with E-state index in [1.807, 2.05) is 37.3 Å². The Balaban J connectivity index is 1.71. The van der Waals surface area contributed by atoms with Gasteiger partial charge in [0.05, 0.1) is 11.3 Å². The molecular weight excluding hydrogens is 372 g/mol. The summed E-state index contributed by atoms with van der Waals surface area (Å²) in [5, 5.41) is 13.0. The summed E-state index contributed by atoms with van der Waals surface area (Å²) < 4.78 is 0. The number of hydrogen-bond acceptors (Lipinski definition) is 4. The van der Waals surface area contributed by atoms with E-state index >= 15 is 0 Å². The summed E-state index contributed by atoms with van der Waals surface area (Å²) in [7, 11) is 0. The van der Waals surface area contributed by atoms with Crippen molar-refractivity contribution >= 4 is 40.2 Å². The standard InChI is InChI=1S/C22H20N2O3S/c1-13-5-2-3-7-17(13)24-22(27)14-9-10-16-19(11-14)23-18-8-4-6-15(18)21(16)28-12-20(25)26/h2-3,5,7,9-11H,4,6,8,12H2,1H3,(H,24,27)(H,25,26). The topological polar surface area (TPSA) is 79.3 Å². The van der Waals surface area contributed by atoms with Crippen molar-refractivity contribution in [2.45, 2.75) is 31.1 Å². The fourth-order valence-corrected chi connectivity index (χ4v) is 4.56. The quantitative estimate of drug-likeness (QED) is 0.627. The van der Waals surface area contributed by atoms with Gasteiger partial charge < -0.3 is 10.4 Å². The normalized spacial score (nSPS) is 12.8. The summed E-state index contributed by atoms with van der Waals surface area (Å²) in [6.45, 7) is 1.95. The molecule has 0 aliphatic heterocycles. The van der Waals surface area contributed by atoms with Gasteiger partial charge in [0.15, 0.2) is 0 Å². The average molecular weight is 392 g/mol. The van der Waals surface area contributed by atoms with E-state index in [-0.39, 0.29) is 11.7 Å². The van der Waals surface area contributed by atoms with Crippen LogP contribution in [0.2, 0.25) is 0 Å². The van der Waals surface area contributed by atoms with Gasteiger partial charge in [-0.1, -0.05) is 24.3 Å². The number of pyridine rings is 1. The molecule has 0 unspecified atom stereocenters. The molecule has 0 saturated heterocycles. The molecule has 0 radical (unpaired) electrons. The largest absolute Gasteiger partial charge is 0.481 e. The summed E-state index contributed by atoms with van der Waals surface area (Å²) in [4.78, 5) is 29.5. The Labute approximate surface area is 167 Å². The minimum Gasteiger partial charge on any atom is -0.481 e. The van der Waals surface area contributed by atoms with Crippen molar-refractivity contribution in [2.24, 2.45) is 0 Å². The van der Waals surface area contributed by atoms with Crippen molar-refractivity contribution < 1.29 is 14.7 Å². The van der Waals surface area contributed by atoms with Gasteiger partial charge in [0.1, 0.15) is 0 Å². The van der Waals surface area contributed by atoms with Gasteiger partial charge in [-0.15, -0.1) is 11.8 Å². The molecule has 3 aromatic rings. The predicted molar refractivity (Wildman–Crippen MR) is 111 cm³/mol. The number of anilines is 1. The van der Waals surface area contributed by atoms with Crippen molar-refractivity contribution in [2.75, 3.05) is 11.1 Å². The number of carbonyl (C=O) groups is 2. The van der Waals surface area contributed by atoms with E-state index in [1.54, 1.807) is 12.1 Å². The van der Waals surface area contributed by atoms with E-state index in [0.717, 1.165) is 57.6 Å². The zero-order valence-corrected chi connectivity index (χ0v) is 16.3. The van der Waals surface area contributed by atoms with Crippen LogP contribution in [0.3, 0.4) is 0 Å². The average Bonchev–Trinajstić information content (AvgIpc) is 3.14. The van der Waals surface area contributed by atoms with E-state index in [1.165, 1.54) is 11.8 Å². The molecule has 1 aromatic heterocycles. The van der Waals surface area contributed by atoms with Crippen molar-refractivity contribution in [3.63, 3.8) is 0 Å². The maximum atomic E-state index is 12.7. The number of aromatic nitrogens is 1. The number of rotatable bonds is 5. The van der Waals surface area contributed by atoms with Gasteiger partial charge >= 0.3 is 5.97 Å². The van der Waals surface area contributed by atoms with Crippen LogP contribution in [0.4, 0.5) is 5.69 Å². The number of fused-ring (bicyclic) bond motifs is 2. The highest BCUT2D eigenvalue weighted by molar-refractivity contribution is 8.00. The number of aryl methyl sites for hydroxylation is 2. The number of carboxylic acid groups (broad SMARTS) is 1. The molecule has 2 N–H and O–H groups in total. The van der Waals surface area contributed by atoms with Gasteiger partial charge in [-0.25, -0.2) is 0 Å². The van der Waals surface area contributed by atoms with Gasteiger partial charge in [0, 0.05) is 27.2 Å². The number of carboxylic acids is 1. The summed E-state index contributed by atoms with van der Waals surface area (Å²) in [6, 6.07) is 13.1. The third kappa shape index (κ3) is 3.60. The summed E-state index contributed by atoms with van der Waals surface area (Å²) >= 11 is 1.34. The van der Waals surface area contributed by atoms with Crippen molar-refractivity contribution in [1.82, 2.24) is 4.98 Å². The molecule has 0 fully saturated rings. The van der Waals surface area contributed by atoms with Crippen LogP contribution in [0.1, 0.15) is 33.6 Å². The first-order chi connectivity index (χ1) is 13.5. The molecule has 6 heteroatoms. The molecule has 1 aliphatic rings. The summed E-state index contributed by atoms with van der Waals surface area (Å²) in [5.74, 6) is -1.00. The van der Waals surface area contributed by atoms with Crippen LogP contribution in [0, 0.1) is 6.92 Å². The number of aliphatic carboxylic acids is 1. The minimum absolute atomic E-state index is 0.0150. The first-order valence-electron chi connectivity index (χ1n) is 9.20. The fourth-order valence-electron chi connectivity index (χ4n) is 3.57. The molecule has 0 spiro atoms. The number of para-hydroxylation sites is 1. The summed E-state index contributed by atoms with van der Waals surface area (Å²) in [5.41, 5.74) is 5.25. The first kappa shape index (κ1) is 18.5. The van der Waals surface area contributed by atoms with Gasteiger partial charge in [-0.2, -0.15) is 0 Å². The Bertz CT molecular complexity index is 1090. The lowest BCUT2D eigenvalue weighted by atomic mass is 10.1. The molecule has 1 amide bonds. The van der Waals surface area contributed by atoms with E-state index in [4.69, 9.17) is 10.1 Å². The molecule has 0 atom stereocenters. The number of benzene rings is 2. The Morgan fingerprint density at radius 3 is 2.79 bits per heavy atom. The second-order valence-electron chi connectivity index (χ2n) is 6.90. The third-order valence-electron chi connectivity index (χ3n) is 4.96. The lowest BCUT2D eigenvalue weighted by Crippen LogP contribution is -2.12. The number of thioether (sulfide) groups is 1. The van der Waals surface area contributed by atoms with Gasteiger partial charge in [-0.05, 0) is 55.5 Å². The monoisotopic (exact) mass is 392 g/mol. The Hall–Kier alpha value is -2.86. The highest BCUT2D eigenvalue weighted by Gasteiger charge is 2.21. The Morgan fingerprint density at radius 1 is 1.18 bits per heavy atom. The number of nitrogens with zero attached hydrogens (tertiary/aromatic N) is 1. The molecule has 1 aliphatic carbocycles. The SMILES string of the molecule is Cc1ccccc1NC(=O)c1ccc2c(SCC(=O)O)c3c(nc2c1)CCC3. The van der Waals surface area contributed by atoms with Crippen LogP contribution in [0.15, 0.2) is 47.4 Å². The lowest BCUT2D eigenvalue weighted by Gasteiger charge is -2.13. The van der Waals surface area contributed by atoms with Gasteiger partial charge in [-0.3, -0.25) is 14.6 Å². The molecule has 0 saturated carbocycles. The molecular formula is C22H20N2O3S. The maximum absolute atomic E-state index is 12.7. The molecule has 4 rings (SSSR count). The van der Waals surface area contributed by atoms with Crippen LogP contribution in [0.5, 0.6) is 0 Å². The Kier molecular flexibility index (Phi) is 5.05. The van der Waals surface area contributed by atoms with Crippen LogP contribution in [0.25, 0.3) is 10.9 Å². The van der Waals surface area contributed by atoms with Crippen LogP contribution in [-0.2, 0) is 17.6 Å². The van der Waals surface area contributed by atoms with Gasteiger partial charge in [0.25, 0.3) is 5.91 Å². The van der Waals surface area contributed by atoms with E-state index in [2.05, 4.69) is 5.32 Å². The molecule has 0 bridgehead atoms. The van der Waals surface area contributed by atoms with Crippen LogP contribution < -0.4 is 5.32 Å². The van der Waals surface area contributed by atoms with Gasteiger partial charge in [0.2, 0.25) is 0 Å². The predicted octanol–water partition coefficient (Wildman–Crippen LogP) is 4.46. The maximum Gasteiger partial charge on any atom is 0.313 e. The number of carbonyl (C=O) groups excluding carboxylic acids is 1. The van der Waals surface area contributed by atoms with E-state index in [9.17, 15) is 9.59 Å². The second-order valence-corrected chi connectivity index (χ2v) is 7.89. The third-order valence-corrected chi connectivity index (χ3v) is 6.10. The highest BCUT2D eigenvalue weighted by Crippen LogP contribution is 2.37. The zero-order valence-electron chi connectivity index (χ0n) is 15.5. The first-order valence-corrected chi connectivity index (χ1v) is 10.2. The van der Waals surface area contributed by atoms with Crippen molar-refractivity contribution in [1.29, 1.82) is 0 Å². The highest BCUT2D eigenvalue weighted by atomic mass is 32.2. The van der Waals surface area contributed by atoms with Crippen molar-refractivity contribution in [3.05, 3.63) is 64.8 Å². The minimum atomic E-state index is -0.837. The number of nitrogens with one attached hydrogen (secondary N) is 1. The fraction of sp³-hybridized carbons (Fsp3) is 0.227. The van der Waals surface area contributed by atoms with Crippen LogP contribution >= 0.6 is 11.8 Å². The molecule has 2 aromatic carbocycles. The van der Waals surface area contributed by atoms with Crippen LogP contribution in [-0.4, -0.2) is 27.7 Å². The second kappa shape index (κ2) is 7.64. The smallest absolute Gasteiger partial charge is 0.313 e. The molecule has 142 valence electrons.